The van der Waals surface area contributed by atoms with E-state index < -0.39 is 0 Å². The van der Waals surface area contributed by atoms with Gasteiger partial charge in [-0.25, -0.2) is 4.98 Å². The lowest BCUT2D eigenvalue weighted by atomic mass is 10.0. The van der Waals surface area contributed by atoms with Gasteiger partial charge < -0.3 is 4.90 Å². The van der Waals surface area contributed by atoms with E-state index in [9.17, 15) is 4.79 Å². The van der Waals surface area contributed by atoms with Gasteiger partial charge in [-0.2, -0.15) is 5.10 Å². The summed E-state index contributed by atoms with van der Waals surface area (Å²) >= 11 is 6.16. The fourth-order valence-corrected chi connectivity index (χ4v) is 3.73. The lowest BCUT2D eigenvalue weighted by Gasteiger charge is -2.17. The molecule has 1 amide bonds. The van der Waals surface area contributed by atoms with Gasteiger partial charge >= 0.3 is 0 Å². The van der Waals surface area contributed by atoms with E-state index >= 15 is 0 Å². The van der Waals surface area contributed by atoms with Crippen LogP contribution in [-0.4, -0.2) is 26.0 Å². The van der Waals surface area contributed by atoms with E-state index in [4.69, 9.17) is 11.6 Å². The van der Waals surface area contributed by atoms with Crippen molar-refractivity contribution in [2.75, 3.05) is 0 Å². The van der Waals surface area contributed by atoms with Crippen molar-refractivity contribution in [3.63, 3.8) is 0 Å². The molecule has 27 heavy (non-hydrogen) atoms. The highest BCUT2D eigenvalue weighted by Crippen LogP contribution is 2.30. The van der Waals surface area contributed by atoms with Gasteiger partial charge in [-0.1, -0.05) is 41.9 Å². The minimum absolute atomic E-state index is 0.00864. The van der Waals surface area contributed by atoms with E-state index in [1.165, 1.54) is 11.1 Å². The van der Waals surface area contributed by atoms with Gasteiger partial charge in [-0.05, 0) is 29.3 Å². The largest absolute Gasteiger partial charge is 0.330 e. The molecule has 0 unspecified atom stereocenters. The van der Waals surface area contributed by atoms with E-state index in [0.29, 0.717) is 34.9 Å². The zero-order chi connectivity index (χ0) is 18.4. The molecule has 0 aliphatic carbocycles. The predicted molar refractivity (Wildman–Crippen MR) is 104 cm³/mol. The normalized spacial score (nSPS) is 13.1. The number of aromatic nitrogens is 3. The zero-order valence-electron chi connectivity index (χ0n) is 14.3. The lowest BCUT2D eigenvalue weighted by molar-refractivity contribution is 0.0753. The molecule has 0 atom stereocenters. The summed E-state index contributed by atoms with van der Waals surface area (Å²) in [7, 11) is 0. The third kappa shape index (κ3) is 2.76. The fourth-order valence-electron chi connectivity index (χ4n) is 3.56. The number of benzene rings is 2. The number of carbonyl (C=O) groups is 1. The number of halogens is 1. The number of carbonyl (C=O) groups excluding carboxylic acids is 1. The number of pyridine rings is 1. The second-order valence-electron chi connectivity index (χ2n) is 6.63. The summed E-state index contributed by atoms with van der Waals surface area (Å²) in [5, 5.41) is 8.17. The monoisotopic (exact) mass is 374 g/mol. The average Bonchev–Trinajstić information content (AvgIpc) is 3.35. The van der Waals surface area contributed by atoms with Crippen molar-refractivity contribution in [1.29, 1.82) is 0 Å². The Balaban J connectivity index is 1.62. The molecule has 0 spiro atoms. The molecule has 0 radical (unpaired) electrons. The van der Waals surface area contributed by atoms with Gasteiger partial charge in [0.25, 0.3) is 5.91 Å². The Bertz CT molecular complexity index is 1150. The topological polar surface area (TPSA) is 61.9 Å². The Hall–Kier alpha value is -3.18. The number of hydrogen-bond donors (Lipinski definition) is 1. The van der Waals surface area contributed by atoms with Crippen molar-refractivity contribution in [1.82, 2.24) is 20.1 Å². The van der Waals surface area contributed by atoms with Gasteiger partial charge in [0.05, 0.1) is 23.0 Å². The Morgan fingerprint density at radius 3 is 2.56 bits per heavy atom. The highest BCUT2D eigenvalue weighted by molar-refractivity contribution is 6.31. The van der Waals surface area contributed by atoms with Crippen LogP contribution < -0.4 is 0 Å². The molecule has 6 heteroatoms. The molecule has 5 rings (SSSR count). The van der Waals surface area contributed by atoms with E-state index in [0.717, 1.165) is 10.9 Å². The van der Waals surface area contributed by atoms with Gasteiger partial charge in [0.15, 0.2) is 0 Å². The number of nitrogens with zero attached hydrogens (tertiary/aromatic N) is 3. The second kappa shape index (κ2) is 6.21. The summed E-state index contributed by atoms with van der Waals surface area (Å²) in [6, 6.07) is 15.4. The van der Waals surface area contributed by atoms with Crippen molar-refractivity contribution in [2.45, 2.75) is 13.1 Å². The number of hydrogen-bond acceptors (Lipinski definition) is 3. The predicted octanol–water partition coefficient (Wildman–Crippen LogP) is 4.43. The quantitative estimate of drug-likeness (QED) is 0.564. The van der Waals surface area contributed by atoms with Crippen molar-refractivity contribution in [2.24, 2.45) is 0 Å². The number of fused-ring (bicyclic) bond motifs is 2. The van der Waals surface area contributed by atoms with Gasteiger partial charge in [0.2, 0.25) is 0 Å². The van der Waals surface area contributed by atoms with Gasteiger partial charge in [0, 0.05) is 35.3 Å². The number of aromatic amines is 1. The van der Waals surface area contributed by atoms with Crippen molar-refractivity contribution in [3.8, 4) is 11.3 Å². The molecule has 0 bridgehead atoms. The number of rotatable bonds is 2. The summed E-state index contributed by atoms with van der Waals surface area (Å²) in [5.74, 6) is -0.00864. The molecule has 1 aliphatic heterocycles. The Labute approximate surface area is 160 Å². The van der Waals surface area contributed by atoms with Gasteiger partial charge in [-0.15, -0.1) is 0 Å². The first kappa shape index (κ1) is 16.0. The number of amides is 1. The Kier molecular flexibility index (Phi) is 3.69. The zero-order valence-corrected chi connectivity index (χ0v) is 15.1. The molecular formula is C21H15ClN4O. The van der Waals surface area contributed by atoms with Crippen LogP contribution in [0.2, 0.25) is 5.02 Å². The maximum absolute atomic E-state index is 13.4. The standard InChI is InChI=1S/C21H15ClN4O/c22-16-5-6-17-18(8-19(25-20(17)7-16)15-9-23-24-10-15)21(27)26-11-13-3-1-2-4-14(13)12-26/h1-10H,11-12H2,(H,23,24). The first-order chi connectivity index (χ1) is 13.2. The van der Waals surface area contributed by atoms with E-state index in [-0.39, 0.29) is 5.91 Å². The van der Waals surface area contributed by atoms with Crippen LogP contribution in [-0.2, 0) is 13.1 Å². The van der Waals surface area contributed by atoms with Crippen LogP contribution in [0.4, 0.5) is 0 Å². The van der Waals surface area contributed by atoms with Crippen LogP contribution in [0.5, 0.6) is 0 Å². The summed E-state index contributed by atoms with van der Waals surface area (Å²) in [6.45, 7) is 1.24. The lowest BCUT2D eigenvalue weighted by Crippen LogP contribution is -2.25. The highest BCUT2D eigenvalue weighted by atomic mass is 35.5. The van der Waals surface area contributed by atoms with Crippen LogP contribution in [0.1, 0.15) is 21.5 Å². The highest BCUT2D eigenvalue weighted by Gasteiger charge is 2.26. The maximum Gasteiger partial charge on any atom is 0.255 e. The van der Waals surface area contributed by atoms with Crippen molar-refractivity contribution in [3.05, 3.63) is 82.6 Å². The van der Waals surface area contributed by atoms with Crippen LogP contribution in [0.15, 0.2) is 60.9 Å². The van der Waals surface area contributed by atoms with Crippen LogP contribution >= 0.6 is 11.6 Å². The molecule has 0 saturated heterocycles. The average molecular weight is 375 g/mol. The summed E-state index contributed by atoms with van der Waals surface area (Å²) in [5.41, 5.74) is 5.24. The Morgan fingerprint density at radius 2 is 1.85 bits per heavy atom. The minimum Gasteiger partial charge on any atom is -0.330 e. The second-order valence-corrected chi connectivity index (χ2v) is 7.07. The van der Waals surface area contributed by atoms with Crippen molar-refractivity contribution < 1.29 is 4.79 Å². The third-order valence-corrected chi connectivity index (χ3v) is 5.16. The SMILES string of the molecule is O=C(c1cc(-c2cn[nH]c2)nc2cc(Cl)ccc12)N1Cc2ccccc2C1. The maximum atomic E-state index is 13.4. The smallest absolute Gasteiger partial charge is 0.255 e. The first-order valence-electron chi connectivity index (χ1n) is 8.64. The van der Waals surface area contributed by atoms with Gasteiger partial charge in [-0.3, -0.25) is 9.89 Å². The molecule has 2 aromatic carbocycles. The van der Waals surface area contributed by atoms with Crippen LogP contribution in [0, 0.1) is 0 Å². The summed E-state index contributed by atoms with van der Waals surface area (Å²) in [6.07, 6.45) is 3.46. The van der Waals surface area contributed by atoms with Gasteiger partial charge in [0.1, 0.15) is 0 Å². The Morgan fingerprint density at radius 1 is 1.07 bits per heavy atom. The molecule has 132 valence electrons. The fraction of sp³-hybridized carbons (Fsp3) is 0.0952. The number of nitrogens with one attached hydrogen (secondary N) is 1. The summed E-state index contributed by atoms with van der Waals surface area (Å²) in [4.78, 5) is 19.9. The molecule has 1 aliphatic rings. The molecule has 2 aromatic heterocycles. The van der Waals surface area contributed by atoms with Crippen LogP contribution in [0.3, 0.4) is 0 Å². The molecule has 1 N–H and O–H groups in total. The van der Waals surface area contributed by atoms with Crippen LogP contribution in [0.25, 0.3) is 22.2 Å². The van der Waals surface area contributed by atoms with Crippen molar-refractivity contribution >= 4 is 28.4 Å². The first-order valence-corrected chi connectivity index (χ1v) is 9.02. The minimum atomic E-state index is -0.00864. The molecular weight excluding hydrogens is 360 g/mol. The van der Waals surface area contributed by atoms with E-state index in [2.05, 4.69) is 27.3 Å². The van der Waals surface area contributed by atoms with E-state index in [1.807, 2.05) is 29.2 Å². The molecule has 5 nitrogen and oxygen atoms in total. The number of H-pyrrole nitrogens is 1. The molecule has 4 aromatic rings. The summed E-state index contributed by atoms with van der Waals surface area (Å²) < 4.78 is 0. The van der Waals surface area contributed by atoms with E-state index in [1.54, 1.807) is 24.5 Å². The molecule has 3 heterocycles. The third-order valence-electron chi connectivity index (χ3n) is 4.92. The molecule has 0 fully saturated rings. The molecule has 0 saturated carbocycles.